The second kappa shape index (κ2) is 13.8. The van der Waals surface area contributed by atoms with Crippen LogP contribution in [0.1, 0.15) is 0 Å². The van der Waals surface area contributed by atoms with Gasteiger partial charge in [-0.15, -0.1) is 22.7 Å². The van der Waals surface area contributed by atoms with Crippen molar-refractivity contribution in [3.63, 3.8) is 0 Å². The average molecular weight is 874 g/mol. The van der Waals surface area contributed by atoms with Gasteiger partial charge in [0, 0.05) is 81.3 Å². The molecule has 13 aromatic rings. The molecule has 10 aromatic carbocycles. The topological polar surface area (TPSA) is 11.4 Å². The largest absolute Gasteiger partial charge is 0.422 e. The van der Waals surface area contributed by atoms with E-state index in [0.717, 1.165) is 0 Å². The summed E-state index contributed by atoms with van der Waals surface area (Å²) in [6.45, 7) is -0.184. The zero-order chi connectivity index (χ0) is 43.0. The maximum Gasteiger partial charge on any atom is 0.422 e. The van der Waals surface area contributed by atoms with Crippen molar-refractivity contribution in [3.8, 4) is 39.1 Å². The van der Waals surface area contributed by atoms with E-state index in [0.29, 0.717) is 0 Å². The minimum Gasteiger partial charge on any atom is -0.360 e. The highest BCUT2D eigenvalue weighted by Crippen LogP contribution is 2.53. The molecule has 2 aliphatic heterocycles. The summed E-state index contributed by atoms with van der Waals surface area (Å²) >= 11 is 3.81. The predicted molar refractivity (Wildman–Crippen MR) is 285 cm³/mol. The second-order valence-electron chi connectivity index (χ2n) is 17.6. The maximum atomic E-state index is 2.68. The van der Waals surface area contributed by atoms with Crippen molar-refractivity contribution < 1.29 is 0 Å². The van der Waals surface area contributed by atoms with Gasteiger partial charge in [0.1, 0.15) is 0 Å². The molecule has 6 heteroatoms. The third-order valence-electron chi connectivity index (χ3n) is 14.2. The summed E-state index contributed by atoms with van der Waals surface area (Å²) in [6, 6.07) is 81.5. The van der Waals surface area contributed by atoms with Gasteiger partial charge in [0.2, 0.25) is 0 Å². The average Bonchev–Trinajstić information content (AvgIpc) is 4.07. The molecule has 0 N–H and O–H groups in total. The molecular formula is C60H36BN3S2. The fourth-order valence-corrected chi connectivity index (χ4v) is 13.8. The molecular weight excluding hydrogens is 838 g/mol. The SMILES string of the molecule is c1ccc(-n2c3ccccc3c3cc(-c4ccc5c(c4)-c4cccc6c4B(N(c4cccc7c4sc4ccccc47)c4ccccc4-6)N5c4cccc5c4sc4ccccc45)ccc32)cc1. The Labute approximate surface area is 389 Å². The number of hydrogen-bond acceptors (Lipinski definition) is 4. The molecule has 0 aliphatic carbocycles. The van der Waals surface area contributed by atoms with Gasteiger partial charge in [0.25, 0.3) is 0 Å². The van der Waals surface area contributed by atoms with E-state index in [1.807, 2.05) is 22.7 Å². The number of nitrogens with zero attached hydrogens (tertiary/aromatic N) is 3. The number of aromatic nitrogens is 1. The van der Waals surface area contributed by atoms with Crippen LogP contribution in [-0.4, -0.2) is 11.5 Å². The minimum absolute atomic E-state index is 0.184. The first-order chi connectivity index (χ1) is 32.8. The van der Waals surface area contributed by atoms with Crippen LogP contribution in [0.4, 0.5) is 22.7 Å². The summed E-state index contributed by atoms with van der Waals surface area (Å²) in [5.74, 6) is 0. The number of anilines is 4. The molecule has 3 aromatic heterocycles. The van der Waals surface area contributed by atoms with Crippen LogP contribution < -0.4 is 15.1 Å². The number of benzene rings is 10. The molecule has 0 spiro atoms. The third kappa shape index (κ3) is 5.03. The van der Waals surface area contributed by atoms with Crippen molar-refractivity contribution in [1.82, 2.24) is 4.57 Å². The smallest absolute Gasteiger partial charge is 0.360 e. The van der Waals surface area contributed by atoms with Gasteiger partial charge in [0.05, 0.1) is 20.4 Å². The van der Waals surface area contributed by atoms with Crippen LogP contribution in [-0.2, 0) is 0 Å². The van der Waals surface area contributed by atoms with Gasteiger partial charge >= 0.3 is 6.98 Å². The molecule has 0 bridgehead atoms. The number of para-hydroxylation sites is 3. The monoisotopic (exact) mass is 873 g/mol. The van der Waals surface area contributed by atoms with Crippen molar-refractivity contribution in [2.24, 2.45) is 0 Å². The molecule has 5 heterocycles. The summed E-state index contributed by atoms with van der Waals surface area (Å²) in [4.78, 5) is 5.35. The molecule has 0 saturated heterocycles. The lowest BCUT2D eigenvalue weighted by Gasteiger charge is -2.48. The molecule has 3 nitrogen and oxygen atoms in total. The molecule has 2 aliphatic rings. The summed E-state index contributed by atoms with van der Waals surface area (Å²) in [7, 11) is 0. The molecule has 66 heavy (non-hydrogen) atoms. The van der Waals surface area contributed by atoms with Crippen LogP contribution in [0, 0.1) is 0 Å². The Balaban J connectivity index is 1.01. The zero-order valence-electron chi connectivity index (χ0n) is 35.5. The van der Waals surface area contributed by atoms with Crippen molar-refractivity contribution in [1.29, 1.82) is 0 Å². The van der Waals surface area contributed by atoms with Crippen LogP contribution in [0.5, 0.6) is 0 Å². The lowest BCUT2D eigenvalue weighted by molar-refractivity contribution is 1.18. The fourth-order valence-electron chi connectivity index (χ4n) is 11.4. The number of rotatable bonds is 4. The van der Waals surface area contributed by atoms with E-state index >= 15 is 0 Å². The Bertz CT molecular complexity index is 4160. The number of thiophene rings is 2. The van der Waals surface area contributed by atoms with E-state index in [9.17, 15) is 0 Å². The molecule has 15 rings (SSSR count). The van der Waals surface area contributed by atoms with E-state index in [4.69, 9.17) is 0 Å². The van der Waals surface area contributed by atoms with E-state index in [2.05, 4.69) is 233 Å². The van der Waals surface area contributed by atoms with Crippen LogP contribution in [0.15, 0.2) is 218 Å². The summed E-state index contributed by atoms with van der Waals surface area (Å²) in [5.41, 5.74) is 17.2. The summed E-state index contributed by atoms with van der Waals surface area (Å²) in [6.07, 6.45) is 0. The van der Waals surface area contributed by atoms with E-state index in [-0.39, 0.29) is 6.98 Å². The first-order valence-electron chi connectivity index (χ1n) is 22.6. The molecule has 0 amide bonds. The van der Waals surface area contributed by atoms with Gasteiger partial charge in [0.15, 0.2) is 0 Å². The van der Waals surface area contributed by atoms with Gasteiger partial charge in [-0.25, -0.2) is 0 Å². The van der Waals surface area contributed by atoms with Gasteiger partial charge in [-0.3, -0.25) is 0 Å². The molecule has 0 saturated carbocycles. The van der Waals surface area contributed by atoms with Crippen molar-refractivity contribution in [2.45, 2.75) is 0 Å². The van der Waals surface area contributed by atoms with Gasteiger partial charge in [-0.2, -0.15) is 0 Å². The molecule has 306 valence electrons. The maximum absolute atomic E-state index is 2.68. The highest BCUT2D eigenvalue weighted by atomic mass is 32.1. The first-order valence-corrected chi connectivity index (χ1v) is 24.2. The van der Waals surface area contributed by atoms with Crippen molar-refractivity contribution in [3.05, 3.63) is 218 Å². The minimum atomic E-state index is -0.184. The fraction of sp³-hybridized carbons (Fsp3) is 0. The van der Waals surface area contributed by atoms with Crippen LogP contribution in [0.3, 0.4) is 0 Å². The highest BCUT2D eigenvalue weighted by Gasteiger charge is 2.47. The first kappa shape index (κ1) is 36.4. The highest BCUT2D eigenvalue weighted by molar-refractivity contribution is 7.27. The second-order valence-corrected chi connectivity index (χ2v) is 19.7. The van der Waals surface area contributed by atoms with Crippen molar-refractivity contribution in [2.75, 3.05) is 9.62 Å². The van der Waals surface area contributed by atoms with Crippen LogP contribution >= 0.6 is 22.7 Å². The lowest BCUT2D eigenvalue weighted by Crippen LogP contribution is -2.61. The van der Waals surface area contributed by atoms with E-state index < -0.39 is 0 Å². The standard InChI is InChI=1S/C60H36BN3S2/c1-2-15-39(16-3-1)62-50-25-8-4-18-41(50)48-35-37(31-33-51(48)62)38-32-34-53-49(36-38)45-22-12-21-44-40-17-5-9-26-52(40)63(54-27-13-23-46-42-19-6-10-29-56(42)65-59(46)54)61(58(44)45)64(53)55-28-14-24-47-43-20-7-11-30-57(43)66-60(47)55/h1-36H. The quantitative estimate of drug-likeness (QED) is 0.163. The normalized spacial score (nSPS) is 13.1. The molecule has 0 atom stereocenters. The van der Waals surface area contributed by atoms with Gasteiger partial charge in [-0.05, 0) is 101 Å². The number of hydrogen-bond donors (Lipinski definition) is 0. The molecule has 0 fully saturated rings. The lowest BCUT2D eigenvalue weighted by atomic mass is 9.53. The molecule has 0 unspecified atom stereocenters. The van der Waals surface area contributed by atoms with Gasteiger partial charge < -0.3 is 14.2 Å². The Morgan fingerprint density at radius 2 is 0.818 bits per heavy atom. The zero-order valence-corrected chi connectivity index (χ0v) is 37.2. The summed E-state index contributed by atoms with van der Waals surface area (Å²) in [5, 5.41) is 7.71. The van der Waals surface area contributed by atoms with Crippen LogP contribution in [0.25, 0.3) is 101 Å². The summed E-state index contributed by atoms with van der Waals surface area (Å²) < 4.78 is 7.61. The van der Waals surface area contributed by atoms with E-state index in [1.165, 1.54) is 129 Å². The number of fused-ring (bicyclic) bond motifs is 13. The Hall–Kier alpha value is -7.90. The predicted octanol–water partition coefficient (Wildman–Crippen LogP) is 16.5. The molecule has 0 radical (unpaired) electrons. The van der Waals surface area contributed by atoms with E-state index in [1.54, 1.807) is 0 Å². The Morgan fingerprint density at radius 1 is 0.318 bits per heavy atom. The Morgan fingerprint density at radius 3 is 1.55 bits per heavy atom. The Kier molecular flexibility index (Phi) is 7.62. The van der Waals surface area contributed by atoms with Crippen LogP contribution in [0.2, 0.25) is 0 Å². The van der Waals surface area contributed by atoms with Crippen molar-refractivity contribution >= 4 is 120 Å². The van der Waals surface area contributed by atoms with Gasteiger partial charge in [-0.1, -0.05) is 146 Å². The third-order valence-corrected chi connectivity index (χ3v) is 16.6.